The van der Waals surface area contributed by atoms with Crippen molar-refractivity contribution in [2.75, 3.05) is 27.2 Å². The first-order chi connectivity index (χ1) is 20.5. The number of amides is 1. The highest BCUT2D eigenvalue weighted by Gasteiger charge is 2.24. The van der Waals surface area contributed by atoms with Crippen molar-refractivity contribution >= 4 is 6.09 Å². The molecule has 0 aliphatic rings. The van der Waals surface area contributed by atoms with Crippen LogP contribution in [0.1, 0.15) is 162 Å². The number of nitrogens with one attached hydrogen (secondary N) is 1. The predicted molar refractivity (Wildman–Crippen MR) is 186 cm³/mol. The summed E-state index contributed by atoms with van der Waals surface area (Å²) >= 11 is 0. The summed E-state index contributed by atoms with van der Waals surface area (Å²) in [5.41, 5.74) is 0. The Morgan fingerprint density at radius 3 is 1.55 bits per heavy atom. The molecule has 0 spiro atoms. The van der Waals surface area contributed by atoms with Crippen molar-refractivity contribution in [2.45, 2.75) is 168 Å². The summed E-state index contributed by atoms with van der Waals surface area (Å²) in [6.45, 7) is 8.41. The standard InChI is InChI=1S/C38H72N2O2/c1-6-9-12-15-18-20-23-25-28-32-36(31-27-24-22-19-16-13-10-7-2)37(33-29-26-21-17-14-11-8-3)42-38(41)39-34-30-35-40(4)5/h19-23,26,36-37H,6-18,24-25,27-35H2,1-5H3,(H,39,41). The van der Waals surface area contributed by atoms with Crippen LogP contribution < -0.4 is 5.32 Å². The van der Waals surface area contributed by atoms with Crippen molar-refractivity contribution < 1.29 is 9.53 Å². The fourth-order valence-corrected chi connectivity index (χ4v) is 5.35. The van der Waals surface area contributed by atoms with Gasteiger partial charge >= 0.3 is 6.09 Å². The van der Waals surface area contributed by atoms with E-state index in [1.165, 1.54) is 89.9 Å². The summed E-state index contributed by atoms with van der Waals surface area (Å²) in [6, 6.07) is 0. The lowest BCUT2D eigenvalue weighted by molar-refractivity contribution is 0.0491. The highest BCUT2D eigenvalue weighted by atomic mass is 16.6. The van der Waals surface area contributed by atoms with Gasteiger partial charge in [-0.1, -0.05) is 102 Å². The fraction of sp³-hybridized carbons (Fsp3) is 0.816. The molecule has 0 saturated carbocycles. The monoisotopic (exact) mass is 589 g/mol. The van der Waals surface area contributed by atoms with Crippen molar-refractivity contribution in [1.82, 2.24) is 10.2 Å². The molecular weight excluding hydrogens is 516 g/mol. The van der Waals surface area contributed by atoms with Crippen LogP contribution in [0.3, 0.4) is 0 Å². The number of carbonyl (C=O) groups excluding carboxylic acids is 1. The average molecular weight is 589 g/mol. The maximum atomic E-state index is 12.8. The maximum absolute atomic E-state index is 12.8. The molecule has 0 radical (unpaired) electrons. The second-order valence-corrected chi connectivity index (χ2v) is 12.5. The van der Waals surface area contributed by atoms with Crippen molar-refractivity contribution in [3.8, 4) is 0 Å². The normalized spacial score (nSPS) is 13.6. The molecule has 0 aromatic rings. The number of hydrogen-bond donors (Lipinski definition) is 1. The van der Waals surface area contributed by atoms with E-state index in [2.05, 4.69) is 81.5 Å². The highest BCUT2D eigenvalue weighted by Crippen LogP contribution is 2.26. The van der Waals surface area contributed by atoms with Gasteiger partial charge < -0.3 is 15.0 Å². The van der Waals surface area contributed by atoms with E-state index in [-0.39, 0.29) is 12.2 Å². The van der Waals surface area contributed by atoms with E-state index in [1.807, 2.05) is 0 Å². The Morgan fingerprint density at radius 2 is 1.05 bits per heavy atom. The number of alkyl carbamates (subject to hydrolysis) is 1. The summed E-state index contributed by atoms with van der Waals surface area (Å²) in [4.78, 5) is 15.0. The van der Waals surface area contributed by atoms with Gasteiger partial charge in [-0.3, -0.25) is 0 Å². The fourth-order valence-electron chi connectivity index (χ4n) is 5.35. The number of unbranched alkanes of at least 4 members (excludes halogenated alkanes) is 12. The lowest BCUT2D eigenvalue weighted by Crippen LogP contribution is -2.34. The van der Waals surface area contributed by atoms with Crippen LogP contribution >= 0.6 is 0 Å². The van der Waals surface area contributed by atoms with E-state index in [0.29, 0.717) is 12.5 Å². The van der Waals surface area contributed by atoms with Crippen molar-refractivity contribution in [3.05, 3.63) is 36.5 Å². The minimum atomic E-state index is -0.238. The number of nitrogens with zero attached hydrogens (tertiary/aromatic N) is 1. The summed E-state index contributed by atoms with van der Waals surface area (Å²) < 4.78 is 6.19. The topological polar surface area (TPSA) is 41.6 Å². The van der Waals surface area contributed by atoms with Gasteiger partial charge in [0.1, 0.15) is 6.10 Å². The zero-order valence-corrected chi connectivity index (χ0v) is 28.9. The van der Waals surface area contributed by atoms with Crippen LogP contribution in [-0.4, -0.2) is 44.3 Å². The second kappa shape index (κ2) is 32.4. The Balaban J connectivity index is 5.13. The Bertz CT molecular complexity index is 655. The quantitative estimate of drug-likeness (QED) is 0.0670. The predicted octanol–water partition coefficient (Wildman–Crippen LogP) is 11.6. The summed E-state index contributed by atoms with van der Waals surface area (Å²) in [6.07, 6.45) is 40.2. The molecule has 246 valence electrons. The molecule has 0 aliphatic carbocycles. The summed E-state index contributed by atoms with van der Waals surface area (Å²) in [7, 11) is 4.13. The Morgan fingerprint density at radius 1 is 0.595 bits per heavy atom. The number of carbonyl (C=O) groups is 1. The molecule has 2 unspecified atom stereocenters. The van der Waals surface area contributed by atoms with E-state index < -0.39 is 0 Å². The van der Waals surface area contributed by atoms with Crippen LogP contribution in [-0.2, 0) is 4.74 Å². The number of hydrogen-bond acceptors (Lipinski definition) is 3. The third kappa shape index (κ3) is 28.6. The van der Waals surface area contributed by atoms with Gasteiger partial charge in [0.05, 0.1) is 0 Å². The summed E-state index contributed by atoms with van der Waals surface area (Å²) in [5, 5.41) is 3.03. The molecule has 0 bridgehead atoms. The Labute approximate surface area is 263 Å². The molecule has 0 rings (SSSR count). The van der Waals surface area contributed by atoms with E-state index in [1.54, 1.807) is 0 Å². The lowest BCUT2D eigenvalue weighted by atomic mass is 9.88. The zero-order valence-electron chi connectivity index (χ0n) is 28.9. The van der Waals surface area contributed by atoms with E-state index in [4.69, 9.17) is 4.74 Å². The molecule has 4 nitrogen and oxygen atoms in total. The van der Waals surface area contributed by atoms with Crippen LogP contribution in [0.5, 0.6) is 0 Å². The molecule has 1 amide bonds. The van der Waals surface area contributed by atoms with Crippen LogP contribution in [0.4, 0.5) is 4.79 Å². The van der Waals surface area contributed by atoms with Gasteiger partial charge in [-0.25, -0.2) is 4.79 Å². The zero-order chi connectivity index (χ0) is 30.9. The Hall–Kier alpha value is -1.55. The largest absolute Gasteiger partial charge is 0.446 e. The van der Waals surface area contributed by atoms with Gasteiger partial charge in [-0.15, -0.1) is 0 Å². The van der Waals surface area contributed by atoms with E-state index in [9.17, 15) is 4.79 Å². The smallest absolute Gasteiger partial charge is 0.407 e. The van der Waals surface area contributed by atoms with E-state index >= 15 is 0 Å². The SMILES string of the molecule is CCCCCC=CCCCC(CCCC=CCCCCCC)C(CCC=CCCCCC)OC(=O)NCCCN(C)C. The van der Waals surface area contributed by atoms with Crippen LogP contribution in [0.25, 0.3) is 0 Å². The highest BCUT2D eigenvalue weighted by molar-refractivity contribution is 5.67. The molecule has 42 heavy (non-hydrogen) atoms. The number of allylic oxidation sites excluding steroid dienone is 6. The van der Waals surface area contributed by atoms with E-state index in [0.717, 1.165) is 57.9 Å². The first kappa shape index (κ1) is 40.5. The third-order valence-electron chi connectivity index (χ3n) is 8.02. The maximum Gasteiger partial charge on any atom is 0.407 e. The van der Waals surface area contributed by atoms with Crippen LogP contribution in [0.2, 0.25) is 0 Å². The average Bonchev–Trinajstić information content (AvgIpc) is 2.97. The third-order valence-corrected chi connectivity index (χ3v) is 8.02. The van der Waals surface area contributed by atoms with Crippen molar-refractivity contribution in [1.29, 1.82) is 0 Å². The molecule has 0 aromatic heterocycles. The molecule has 2 atom stereocenters. The van der Waals surface area contributed by atoms with Gasteiger partial charge in [-0.05, 0) is 123 Å². The molecule has 0 saturated heterocycles. The molecule has 0 fully saturated rings. The first-order valence-corrected chi connectivity index (χ1v) is 18.1. The summed E-state index contributed by atoms with van der Waals surface area (Å²) in [5.74, 6) is 0.414. The molecule has 0 heterocycles. The van der Waals surface area contributed by atoms with Gasteiger partial charge in [0, 0.05) is 6.54 Å². The number of rotatable bonds is 30. The lowest BCUT2D eigenvalue weighted by Gasteiger charge is -2.27. The first-order valence-electron chi connectivity index (χ1n) is 18.1. The van der Waals surface area contributed by atoms with Gasteiger partial charge in [-0.2, -0.15) is 0 Å². The molecular formula is C38H72N2O2. The molecule has 4 heteroatoms. The molecule has 0 aromatic carbocycles. The molecule has 1 N–H and O–H groups in total. The van der Waals surface area contributed by atoms with Crippen LogP contribution in [0, 0.1) is 5.92 Å². The Kier molecular flexibility index (Phi) is 31.2. The van der Waals surface area contributed by atoms with Crippen molar-refractivity contribution in [3.63, 3.8) is 0 Å². The second-order valence-electron chi connectivity index (χ2n) is 12.5. The van der Waals surface area contributed by atoms with Gasteiger partial charge in [0.15, 0.2) is 0 Å². The minimum Gasteiger partial charge on any atom is -0.446 e. The van der Waals surface area contributed by atoms with Gasteiger partial charge in [0.25, 0.3) is 0 Å². The van der Waals surface area contributed by atoms with Crippen LogP contribution in [0.15, 0.2) is 36.5 Å². The number of ether oxygens (including phenoxy) is 1. The van der Waals surface area contributed by atoms with Crippen molar-refractivity contribution in [2.24, 2.45) is 5.92 Å². The molecule has 0 aliphatic heterocycles. The van der Waals surface area contributed by atoms with Gasteiger partial charge in [0.2, 0.25) is 0 Å². The minimum absolute atomic E-state index is 0.0225.